The Bertz CT molecular complexity index is 481. The molecule has 2 atom stereocenters. The van der Waals surface area contributed by atoms with Crippen molar-refractivity contribution in [2.24, 2.45) is 0 Å². The Morgan fingerprint density at radius 2 is 0.769 bits per heavy atom. The van der Waals surface area contributed by atoms with Crippen LogP contribution < -0.4 is 5.32 Å². The summed E-state index contributed by atoms with van der Waals surface area (Å²) in [5, 5.41) is 14.1. The maximum atomic E-state index is 12.7. The molecule has 0 saturated carbocycles. The van der Waals surface area contributed by atoms with Gasteiger partial charge in [0.05, 0.1) is 12.1 Å². The van der Waals surface area contributed by atoms with Gasteiger partial charge in [-0.25, -0.2) is 0 Å². The summed E-state index contributed by atoms with van der Waals surface area (Å²) in [4.78, 5) is 12.7. The summed E-state index contributed by atoms with van der Waals surface area (Å²) < 4.78 is 0. The molecule has 0 fully saturated rings. The second kappa shape index (κ2) is 32.0. The monoisotopic (exact) mass is 552 g/mol. The van der Waals surface area contributed by atoms with Crippen molar-refractivity contribution < 1.29 is 9.90 Å². The van der Waals surface area contributed by atoms with E-state index in [1.807, 2.05) is 0 Å². The second-order valence-electron chi connectivity index (χ2n) is 12.6. The van der Waals surface area contributed by atoms with E-state index in [-0.39, 0.29) is 11.9 Å². The van der Waals surface area contributed by atoms with Crippen LogP contribution >= 0.6 is 0 Å². The molecule has 3 heteroatoms. The van der Waals surface area contributed by atoms with Crippen molar-refractivity contribution in [2.75, 3.05) is 0 Å². The highest BCUT2D eigenvalue weighted by atomic mass is 16.3. The van der Waals surface area contributed by atoms with Crippen LogP contribution in [0.5, 0.6) is 0 Å². The highest BCUT2D eigenvalue weighted by Crippen LogP contribution is 2.17. The zero-order valence-electron chi connectivity index (χ0n) is 27.2. The fourth-order valence-electron chi connectivity index (χ4n) is 5.78. The van der Waals surface area contributed by atoms with Gasteiger partial charge in [-0.1, -0.05) is 188 Å². The standard InChI is InChI=1S/C36H73NO2/c1-4-7-10-13-16-17-18-19-20-21-22-23-24-27-30-33-36(39)37-34(31-28-25-14-11-8-5-2)35(38)32-29-26-15-12-9-6-3/h34-35,38H,4-33H2,1-3H3,(H,37,39). The van der Waals surface area contributed by atoms with Crippen molar-refractivity contribution in [3.63, 3.8) is 0 Å². The lowest BCUT2D eigenvalue weighted by Crippen LogP contribution is -2.43. The van der Waals surface area contributed by atoms with Crippen LogP contribution in [-0.2, 0) is 4.79 Å². The van der Waals surface area contributed by atoms with Crippen LogP contribution in [0.1, 0.15) is 213 Å². The van der Waals surface area contributed by atoms with Gasteiger partial charge in [-0.3, -0.25) is 4.79 Å². The third-order valence-corrected chi connectivity index (χ3v) is 8.54. The molecule has 0 aromatic heterocycles. The van der Waals surface area contributed by atoms with Gasteiger partial charge in [0.25, 0.3) is 0 Å². The van der Waals surface area contributed by atoms with Gasteiger partial charge in [-0.2, -0.15) is 0 Å². The lowest BCUT2D eigenvalue weighted by molar-refractivity contribution is -0.122. The number of hydrogen-bond acceptors (Lipinski definition) is 2. The van der Waals surface area contributed by atoms with Crippen LogP contribution in [0.3, 0.4) is 0 Å². The zero-order chi connectivity index (χ0) is 28.7. The smallest absolute Gasteiger partial charge is 0.220 e. The van der Waals surface area contributed by atoms with Gasteiger partial charge in [0.2, 0.25) is 5.91 Å². The fraction of sp³-hybridized carbons (Fsp3) is 0.972. The number of carbonyl (C=O) groups is 1. The Morgan fingerprint density at radius 1 is 0.462 bits per heavy atom. The number of aliphatic hydroxyl groups excluding tert-OH is 1. The highest BCUT2D eigenvalue weighted by molar-refractivity contribution is 5.76. The van der Waals surface area contributed by atoms with Crippen LogP contribution in [0, 0.1) is 0 Å². The van der Waals surface area contributed by atoms with Crippen LogP contribution in [0.15, 0.2) is 0 Å². The van der Waals surface area contributed by atoms with Crippen molar-refractivity contribution in [3.05, 3.63) is 0 Å². The lowest BCUT2D eigenvalue weighted by atomic mass is 9.97. The topological polar surface area (TPSA) is 49.3 Å². The van der Waals surface area contributed by atoms with E-state index in [0.717, 1.165) is 38.5 Å². The second-order valence-corrected chi connectivity index (χ2v) is 12.6. The van der Waals surface area contributed by atoms with E-state index in [0.29, 0.717) is 6.42 Å². The SMILES string of the molecule is CCCCCCCCCCCCCCCCCC(=O)NC(CCCCCCCC)C(O)CCCCCCCC. The number of hydrogen-bond donors (Lipinski definition) is 2. The molecule has 0 heterocycles. The zero-order valence-corrected chi connectivity index (χ0v) is 27.2. The quantitative estimate of drug-likeness (QED) is 0.0817. The van der Waals surface area contributed by atoms with E-state index in [9.17, 15) is 9.90 Å². The molecule has 2 N–H and O–H groups in total. The molecule has 0 radical (unpaired) electrons. The van der Waals surface area contributed by atoms with Crippen LogP contribution in [0.4, 0.5) is 0 Å². The minimum Gasteiger partial charge on any atom is -0.391 e. The van der Waals surface area contributed by atoms with E-state index in [1.54, 1.807) is 0 Å². The molecule has 0 aliphatic rings. The molecular formula is C36H73NO2. The first-order chi connectivity index (χ1) is 19.2. The molecule has 0 aromatic carbocycles. The average molecular weight is 552 g/mol. The summed E-state index contributed by atoms with van der Waals surface area (Å²) in [6, 6.07) is -0.0596. The van der Waals surface area contributed by atoms with Crippen LogP contribution in [0.25, 0.3) is 0 Å². The van der Waals surface area contributed by atoms with E-state index >= 15 is 0 Å². The van der Waals surface area contributed by atoms with E-state index in [4.69, 9.17) is 0 Å². The number of unbranched alkanes of at least 4 members (excludes halogenated alkanes) is 24. The Morgan fingerprint density at radius 3 is 1.15 bits per heavy atom. The van der Waals surface area contributed by atoms with Gasteiger partial charge in [0.15, 0.2) is 0 Å². The number of rotatable bonds is 32. The molecule has 0 saturated heterocycles. The summed E-state index contributed by atoms with van der Waals surface area (Å²) in [6.07, 6.45) is 37.1. The molecule has 234 valence electrons. The molecular weight excluding hydrogens is 478 g/mol. The summed E-state index contributed by atoms with van der Waals surface area (Å²) in [7, 11) is 0. The maximum absolute atomic E-state index is 12.7. The Balaban J connectivity index is 3.95. The minimum absolute atomic E-state index is 0.0596. The van der Waals surface area contributed by atoms with Crippen LogP contribution in [-0.4, -0.2) is 23.2 Å². The summed E-state index contributed by atoms with van der Waals surface area (Å²) in [5.41, 5.74) is 0. The lowest BCUT2D eigenvalue weighted by Gasteiger charge is -2.24. The van der Waals surface area contributed by atoms with E-state index in [2.05, 4.69) is 26.1 Å². The van der Waals surface area contributed by atoms with Gasteiger partial charge in [-0.15, -0.1) is 0 Å². The predicted octanol–water partition coefficient (Wildman–Crippen LogP) is 11.6. The molecule has 3 nitrogen and oxygen atoms in total. The summed E-state index contributed by atoms with van der Waals surface area (Å²) >= 11 is 0. The molecule has 39 heavy (non-hydrogen) atoms. The van der Waals surface area contributed by atoms with Crippen molar-refractivity contribution in [2.45, 2.75) is 226 Å². The molecule has 0 aromatic rings. The van der Waals surface area contributed by atoms with Gasteiger partial charge in [0, 0.05) is 6.42 Å². The van der Waals surface area contributed by atoms with Crippen molar-refractivity contribution in [3.8, 4) is 0 Å². The largest absolute Gasteiger partial charge is 0.391 e. The average Bonchev–Trinajstić information content (AvgIpc) is 2.93. The van der Waals surface area contributed by atoms with Crippen LogP contribution in [0.2, 0.25) is 0 Å². The molecule has 0 aliphatic carbocycles. The van der Waals surface area contributed by atoms with Crippen molar-refractivity contribution >= 4 is 5.91 Å². The molecule has 0 rings (SSSR count). The number of carbonyl (C=O) groups excluding carboxylic acids is 1. The third kappa shape index (κ3) is 28.7. The number of nitrogens with one attached hydrogen (secondary N) is 1. The van der Waals surface area contributed by atoms with Crippen molar-refractivity contribution in [1.29, 1.82) is 0 Å². The summed E-state index contributed by atoms with van der Waals surface area (Å²) in [6.45, 7) is 6.79. The maximum Gasteiger partial charge on any atom is 0.220 e. The first kappa shape index (κ1) is 38.4. The Hall–Kier alpha value is -0.570. The number of amides is 1. The minimum atomic E-state index is -0.392. The summed E-state index contributed by atoms with van der Waals surface area (Å²) in [5.74, 6) is 0.155. The molecule has 2 unspecified atom stereocenters. The Kier molecular flexibility index (Phi) is 31.5. The van der Waals surface area contributed by atoms with Gasteiger partial charge in [0.1, 0.15) is 0 Å². The first-order valence-electron chi connectivity index (χ1n) is 18.1. The van der Waals surface area contributed by atoms with Gasteiger partial charge in [-0.05, 0) is 19.3 Å². The highest BCUT2D eigenvalue weighted by Gasteiger charge is 2.20. The number of aliphatic hydroxyl groups is 1. The third-order valence-electron chi connectivity index (χ3n) is 8.54. The van der Waals surface area contributed by atoms with E-state index < -0.39 is 6.10 Å². The van der Waals surface area contributed by atoms with Gasteiger partial charge < -0.3 is 10.4 Å². The fourth-order valence-corrected chi connectivity index (χ4v) is 5.78. The molecule has 0 spiro atoms. The molecule has 0 aliphatic heterocycles. The Labute approximate surface area is 246 Å². The molecule has 0 bridgehead atoms. The first-order valence-corrected chi connectivity index (χ1v) is 18.1. The normalized spacial score (nSPS) is 13.0. The molecule has 1 amide bonds. The van der Waals surface area contributed by atoms with E-state index in [1.165, 1.54) is 148 Å². The predicted molar refractivity (Wildman–Crippen MR) is 173 cm³/mol. The van der Waals surface area contributed by atoms with Crippen molar-refractivity contribution in [1.82, 2.24) is 5.32 Å². The van der Waals surface area contributed by atoms with Gasteiger partial charge >= 0.3 is 0 Å².